The van der Waals surface area contributed by atoms with Crippen LogP contribution in [-0.2, 0) is 13.1 Å². The summed E-state index contributed by atoms with van der Waals surface area (Å²) in [6, 6.07) is 0.543. The van der Waals surface area contributed by atoms with Crippen LogP contribution in [0.5, 0.6) is 0 Å². The predicted octanol–water partition coefficient (Wildman–Crippen LogP) is 0.870. The molecule has 5 heteroatoms. The van der Waals surface area contributed by atoms with Gasteiger partial charge in [-0.05, 0) is 27.7 Å². The fraction of sp³-hybridized carbons (Fsp3) is 0.833. The third kappa shape index (κ3) is 2.66. The Morgan fingerprint density at radius 2 is 2.29 bits per heavy atom. The van der Waals surface area contributed by atoms with Crippen molar-refractivity contribution in [3.63, 3.8) is 0 Å². The molecule has 1 atom stereocenters. The Morgan fingerprint density at radius 1 is 1.53 bits per heavy atom. The van der Waals surface area contributed by atoms with Crippen LogP contribution in [0.25, 0.3) is 0 Å². The molecule has 0 radical (unpaired) electrons. The molecule has 1 saturated heterocycles. The Morgan fingerprint density at radius 3 is 3.00 bits per heavy atom. The summed E-state index contributed by atoms with van der Waals surface area (Å²) in [7, 11) is 0. The van der Waals surface area contributed by atoms with Gasteiger partial charge in [0, 0.05) is 31.2 Å². The van der Waals surface area contributed by atoms with Gasteiger partial charge in [-0.2, -0.15) is 5.10 Å². The first kappa shape index (κ1) is 12.5. The standard InChI is InChI=1S/C12H23N5/c1-5-17-11(14-9-15-17)7-16-6-10(2)13-8-12(16,3)4/h9-10,13H,5-8H2,1-4H3. The van der Waals surface area contributed by atoms with Gasteiger partial charge < -0.3 is 5.32 Å². The Labute approximate surface area is 103 Å². The van der Waals surface area contributed by atoms with E-state index in [1.54, 1.807) is 6.33 Å². The summed E-state index contributed by atoms with van der Waals surface area (Å²) in [5.41, 5.74) is 0.178. The van der Waals surface area contributed by atoms with Gasteiger partial charge >= 0.3 is 0 Å². The molecule has 0 aliphatic carbocycles. The number of piperazine rings is 1. The van der Waals surface area contributed by atoms with Crippen LogP contribution in [0.15, 0.2) is 6.33 Å². The van der Waals surface area contributed by atoms with Crippen molar-refractivity contribution in [3.05, 3.63) is 12.2 Å². The van der Waals surface area contributed by atoms with Crippen LogP contribution in [0.2, 0.25) is 0 Å². The maximum absolute atomic E-state index is 4.36. The SMILES string of the molecule is CCn1ncnc1CN1CC(C)NCC1(C)C. The Bertz CT molecular complexity index is 371. The molecular formula is C12H23N5. The van der Waals surface area contributed by atoms with E-state index in [1.807, 2.05) is 4.68 Å². The highest BCUT2D eigenvalue weighted by atomic mass is 15.4. The topological polar surface area (TPSA) is 46.0 Å². The van der Waals surface area contributed by atoms with E-state index in [0.717, 1.165) is 32.0 Å². The van der Waals surface area contributed by atoms with Gasteiger partial charge in [0.2, 0.25) is 0 Å². The van der Waals surface area contributed by atoms with Crippen molar-refractivity contribution in [1.29, 1.82) is 0 Å². The van der Waals surface area contributed by atoms with Gasteiger partial charge in [-0.3, -0.25) is 4.90 Å². The van der Waals surface area contributed by atoms with E-state index in [0.29, 0.717) is 6.04 Å². The van der Waals surface area contributed by atoms with Crippen molar-refractivity contribution >= 4 is 0 Å². The number of hydrogen-bond donors (Lipinski definition) is 1. The molecule has 17 heavy (non-hydrogen) atoms. The van der Waals surface area contributed by atoms with Gasteiger partial charge in [0.15, 0.2) is 0 Å². The van der Waals surface area contributed by atoms with Crippen LogP contribution in [-0.4, -0.2) is 44.3 Å². The van der Waals surface area contributed by atoms with Crippen LogP contribution >= 0.6 is 0 Å². The van der Waals surface area contributed by atoms with E-state index in [2.05, 4.69) is 48.0 Å². The summed E-state index contributed by atoms with van der Waals surface area (Å²) < 4.78 is 1.97. The molecule has 0 saturated carbocycles. The molecule has 2 rings (SSSR count). The number of nitrogens with one attached hydrogen (secondary N) is 1. The van der Waals surface area contributed by atoms with Crippen LogP contribution < -0.4 is 5.32 Å². The molecule has 2 heterocycles. The molecule has 1 aromatic heterocycles. The van der Waals surface area contributed by atoms with Gasteiger partial charge in [-0.25, -0.2) is 9.67 Å². The van der Waals surface area contributed by atoms with E-state index >= 15 is 0 Å². The average molecular weight is 237 g/mol. The zero-order valence-electron chi connectivity index (χ0n) is 11.3. The molecular weight excluding hydrogens is 214 g/mol. The molecule has 5 nitrogen and oxygen atoms in total. The Kier molecular flexibility index (Phi) is 3.49. The molecule has 1 aliphatic heterocycles. The number of aryl methyl sites for hydroxylation is 1. The van der Waals surface area contributed by atoms with Gasteiger partial charge in [-0.1, -0.05) is 0 Å². The highest BCUT2D eigenvalue weighted by Crippen LogP contribution is 2.20. The normalized spacial score (nSPS) is 25.1. The fourth-order valence-electron chi connectivity index (χ4n) is 2.30. The quantitative estimate of drug-likeness (QED) is 0.847. The van der Waals surface area contributed by atoms with Gasteiger partial charge in [0.05, 0.1) is 6.54 Å². The number of hydrogen-bond acceptors (Lipinski definition) is 4. The maximum atomic E-state index is 4.36. The van der Waals surface area contributed by atoms with Gasteiger partial charge in [-0.15, -0.1) is 0 Å². The summed E-state index contributed by atoms with van der Waals surface area (Å²) in [6.45, 7) is 12.7. The Balaban J connectivity index is 2.11. The maximum Gasteiger partial charge on any atom is 0.141 e. The van der Waals surface area contributed by atoms with Crippen molar-refractivity contribution < 1.29 is 0 Å². The van der Waals surface area contributed by atoms with E-state index in [4.69, 9.17) is 0 Å². The third-order valence-electron chi connectivity index (χ3n) is 3.56. The predicted molar refractivity (Wildman–Crippen MR) is 67.6 cm³/mol. The first-order valence-corrected chi connectivity index (χ1v) is 6.38. The van der Waals surface area contributed by atoms with Crippen molar-refractivity contribution in [2.75, 3.05) is 13.1 Å². The molecule has 1 N–H and O–H groups in total. The van der Waals surface area contributed by atoms with E-state index in [-0.39, 0.29) is 5.54 Å². The highest BCUT2D eigenvalue weighted by Gasteiger charge is 2.33. The molecule has 0 amide bonds. The van der Waals surface area contributed by atoms with Crippen LogP contribution in [0, 0.1) is 0 Å². The summed E-state index contributed by atoms with van der Waals surface area (Å²) in [5, 5.41) is 7.76. The molecule has 1 aromatic rings. The molecule has 1 aliphatic rings. The zero-order valence-corrected chi connectivity index (χ0v) is 11.3. The van der Waals surface area contributed by atoms with Gasteiger partial charge in [0.25, 0.3) is 0 Å². The second-order valence-electron chi connectivity index (χ2n) is 5.47. The second-order valence-corrected chi connectivity index (χ2v) is 5.47. The van der Waals surface area contributed by atoms with Gasteiger partial charge in [0.1, 0.15) is 12.2 Å². The Hall–Kier alpha value is -0.940. The van der Waals surface area contributed by atoms with Crippen LogP contribution in [0.3, 0.4) is 0 Å². The smallest absolute Gasteiger partial charge is 0.141 e. The minimum absolute atomic E-state index is 0.178. The first-order valence-electron chi connectivity index (χ1n) is 6.38. The second kappa shape index (κ2) is 4.74. The van der Waals surface area contributed by atoms with Crippen molar-refractivity contribution in [1.82, 2.24) is 25.0 Å². The van der Waals surface area contributed by atoms with Crippen molar-refractivity contribution in [3.8, 4) is 0 Å². The number of aromatic nitrogens is 3. The summed E-state index contributed by atoms with van der Waals surface area (Å²) in [5.74, 6) is 1.06. The summed E-state index contributed by atoms with van der Waals surface area (Å²) in [6.07, 6.45) is 1.65. The lowest BCUT2D eigenvalue weighted by molar-refractivity contribution is 0.0588. The average Bonchev–Trinajstić information content (AvgIpc) is 2.71. The fourth-order valence-corrected chi connectivity index (χ4v) is 2.30. The molecule has 0 spiro atoms. The minimum Gasteiger partial charge on any atom is -0.311 e. The van der Waals surface area contributed by atoms with E-state index in [9.17, 15) is 0 Å². The lowest BCUT2D eigenvalue weighted by Crippen LogP contribution is -2.60. The molecule has 0 aromatic carbocycles. The lowest BCUT2D eigenvalue weighted by Gasteiger charge is -2.45. The zero-order chi connectivity index (χ0) is 12.5. The first-order chi connectivity index (χ1) is 8.03. The van der Waals surface area contributed by atoms with E-state index < -0.39 is 0 Å². The monoisotopic (exact) mass is 237 g/mol. The van der Waals surface area contributed by atoms with Crippen LogP contribution in [0.4, 0.5) is 0 Å². The highest BCUT2D eigenvalue weighted by molar-refractivity contribution is 4.95. The molecule has 1 unspecified atom stereocenters. The largest absolute Gasteiger partial charge is 0.311 e. The van der Waals surface area contributed by atoms with Crippen LogP contribution in [0.1, 0.15) is 33.5 Å². The number of rotatable bonds is 3. The molecule has 96 valence electrons. The minimum atomic E-state index is 0.178. The van der Waals surface area contributed by atoms with E-state index in [1.165, 1.54) is 0 Å². The summed E-state index contributed by atoms with van der Waals surface area (Å²) in [4.78, 5) is 6.85. The third-order valence-corrected chi connectivity index (χ3v) is 3.56. The number of nitrogens with zero attached hydrogens (tertiary/aromatic N) is 4. The molecule has 0 bridgehead atoms. The summed E-state index contributed by atoms with van der Waals surface area (Å²) >= 11 is 0. The molecule has 1 fully saturated rings. The lowest BCUT2D eigenvalue weighted by atomic mass is 9.98. The van der Waals surface area contributed by atoms with Crippen molar-refractivity contribution in [2.24, 2.45) is 0 Å². The van der Waals surface area contributed by atoms with Crippen molar-refractivity contribution in [2.45, 2.75) is 52.4 Å².